The van der Waals surface area contributed by atoms with Crippen LogP contribution in [0.3, 0.4) is 0 Å². The molecule has 1 heteroatoms. The number of unbranched alkanes of at least 4 members (excludes halogenated alkanes) is 3. The molecule has 0 aromatic heterocycles. The van der Waals surface area contributed by atoms with Crippen LogP contribution in [0.15, 0.2) is 0 Å². The van der Waals surface area contributed by atoms with Gasteiger partial charge in [0.2, 0.25) is 0 Å². The number of hydrogen-bond acceptors (Lipinski definition) is 0. The van der Waals surface area contributed by atoms with E-state index in [1.54, 1.807) is 0 Å². The van der Waals surface area contributed by atoms with E-state index in [1.165, 1.54) is 57.8 Å². The van der Waals surface area contributed by atoms with E-state index in [2.05, 4.69) is 6.92 Å². The van der Waals surface area contributed by atoms with E-state index in [-0.39, 0.29) is 0 Å². The fourth-order valence-electron chi connectivity index (χ4n) is 2.32. The molecule has 1 saturated carbocycles. The van der Waals surface area contributed by atoms with Crippen LogP contribution in [0.5, 0.6) is 0 Å². The molecule has 0 radical (unpaired) electrons. The second-order valence-corrected chi connectivity index (χ2v) is 4.97. The summed E-state index contributed by atoms with van der Waals surface area (Å²) in [6.45, 7) is 2.26. The Labute approximate surface area is 88.1 Å². The minimum atomic E-state index is 0.486. The summed E-state index contributed by atoms with van der Waals surface area (Å²) in [6.07, 6.45) is 12.3. The lowest BCUT2D eigenvalue weighted by atomic mass is 9.98. The molecule has 0 N–H and O–H groups in total. The molecular weight excluding hydrogens is 180 g/mol. The number of halogens is 1. The third-order valence-electron chi connectivity index (χ3n) is 3.24. The third-order valence-corrected chi connectivity index (χ3v) is 3.82. The molecule has 0 spiro atoms. The fraction of sp³-hybridized carbons (Fsp3) is 1.00. The summed E-state index contributed by atoms with van der Waals surface area (Å²) >= 11 is 6.37. The maximum absolute atomic E-state index is 6.37. The van der Waals surface area contributed by atoms with Crippen LogP contribution >= 0.6 is 11.6 Å². The van der Waals surface area contributed by atoms with Crippen LogP contribution in [-0.4, -0.2) is 5.38 Å². The van der Waals surface area contributed by atoms with Crippen molar-refractivity contribution in [2.45, 2.75) is 70.1 Å². The summed E-state index contributed by atoms with van der Waals surface area (Å²) in [4.78, 5) is 0. The van der Waals surface area contributed by atoms with Gasteiger partial charge in [-0.25, -0.2) is 0 Å². The molecule has 1 rings (SSSR count). The molecule has 0 aromatic rings. The molecule has 1 aliphatic rings. The molecule has 1 unspecified atom stereocenters. The molecule has 78 valence electrons. The second kappa shape index (κ2) is 6.70. The van der Waals surface area contributed by atoms with Crippen LogP contribution in [0, 0.1) is 5.92 Å². The van der Waals surface area contributed by atoms with E-state index in [0.29, 0.717) is 5.38 Å². The molecule has 1 aliphatic carbocycles. The largest absolute Gasteiger partial charge is 0.123 e. The summed E-state index contributed by atoms with van der Waals surface area (Å²) in [5.41, 5.74) is 0. The Morgan fingerprint density at radius 1 is 1.15 bits per heavy atom. The first-order valence-corrected chi connectivity index (χ1v) is 6.42. The summed E-state index contributed by atoms with van der Waals surface area (Å²) in [7, 11) is 0. The van der Waals surface area contributed by atoms with Gasteiger partial charge in [0.25, 0.3) is 0 Å². The summed E-state index contributed by atoms with van der Waals surface area (Å²) in [6, 6.07) is 0. The fourth-order valence-corrected chi connectivity index (χ4v) is 2.73. The van der Waals surface area contributed by atoms with E-state index in [1.807, 2.05) is 0 Å². The van der Waals surface area contributed by atoms with Crippen molar-refractivity contribution < 1.29 is 0 Å². The molecule has 0 aromatic carbocycles. The molecule has 1 atom stereocenters. The average Bonchev–Trinajstić information content (AvgIpc) is 2.65. The maximum atomic E-state index is 6.37. The molecule has 0 saturated heterocycles. The van der Waals surface area contributed by atoms with Crippen LogP contribution in [0.4, 0.5) is 0 Å². The molecule has 13 heavy (non-hydrogen) atoms. The standard InChI is InChI=1S/C12H23Cl/c1-2-3-4-5-10-12(13)11-8-6-7-9-11/h11-12H,2-10H2,1H3. The smallest absolute Gasteiger partial charge is 0.0364 e. The number of hydrogen-bond donors (Lipinski definition) is 0. The topological polar surface area (TPSA) is 0 Å². The Bertz CT molecular complexity index is 116. The highest BCUT2D eigenvalue weighted by Crippen LogP contribution is 2.32. The molecule has 0 aliphatic heterocycles. The van der Waals surface area contributed by atoms with Crippen molar-refractivity contribution in [3.05, 3.63) is 0 Å². The van der Waals surface area contributed by atoms with Gasteiger partial charge in [-0.1, -0.05) is 45.4 Å². The molecule has 0 nitrogen and oxygen atoms in total. The Hall–Kier alpha value is 0.290. The van der Waals surface area contributed by atoms with Gasteiger partial charge in [0, 0.05) is 5.38 Å². The number of alkyl halides is 1. The van der Waals surface area contributed by atoms with Gasteiger partial charge in [-0.3, -0.25) is 0 Å². The average molecular weight is 203 g/mol. The minimum Gasteiger partial charge on any atom is -0.123 e. The van der Waals surface area contributed by atoms with Gasteiger partial charge in [0.15, 0.2) is 0 Å². The lowest BCUT2D eigenvalue weighted by molar-refractivity contribution is 0.472. The zero-order valence-electron chi connectivity index (χ0n) is 8.90. The Kier molecular flexibility index (Phi) is 5.86. The van der Waals surface area contributed by atoms with Crippen molar-refractivity contribution >= 4 is 11.6 Å². The Balaban J connectivity index is 1.99. The molecule has 0 amide bonds. The van der Waals surface area contributed by atoms with Gasteiger partial charge in [-0.2, -0.15) is 0 Å². The van der Waals surface area contributed by atoms with Gasteiger partial charge < -0.3 is 0 Å². The van der Waals surface area contributed by atoms with Crippen LogP contribution in [-0.2, 0) is 0 Å². The predicted octanol–water partition coefficient (Wildman–Crippen LogP) is 4.75. The van der Waals surface area contributed by atoms with E-state index in [9.17, 15) is 0 Å². The third kappa shape index (κ3) is 4.35. The van der Waals surface area contributed by atoms with Gasteiger partial charge in [-0.15, -0.1) is 11.6 Å². The first-order chi connectivity index (χ1) is 6.34. The van der Waals surface area contributed by atoms with E-state index in [0.717, 1.165) is 5.92 Å². The second-order valence-electron chi connectivity index (χ2n) is 4.41. The highest BCUT2D eigenvalue weighted by atomic mass is 35.5. The lowest BCUT2D eigenvalue weighted by Gasteiger charge is -2.15. The van der Waals surface area contributed by atoms with Crippen molar-refractivity contribution in [2.24, 2.45) is 5.92 Å². The van der Waals surface area contributed by atoms with Crippen LogP contribution < -0.4 is 0 Å². The van der Waals surface area contributed by atoms with Crippen molar-refractivity contribution in [1.29, 1.82) is 0 Å². The highest BCUT2D eigenvalue weighted by Gasteiger charge is 2.22. The number of rotatable bonds is 6. The van der Waals surface area contributed by atoms with Crippen LogP contribution in [0.1, 0.15) is 64.7 Å². The quantitative estimate of drug-likeness (QED) is 0.431. The van der Waals surface area contributed by atoms with E-state index < -0.39 is 0 Å². The first-order valence-electron chi connectivity index (χ1n) is 5.98. The molecular formula is C12H23Cl. The Morgan fingerprint density at radius 3 is 2.46 bits per heavy atom. The molecule has 1 fully saturated rings. The zero-order valence-corrected chi connectivity index (χ0v) is 9.65. The Morgan fingerprint density at radius 2 is 1.85 bits per heavy atom. The van der Waals surface area contributed by atoms with Crippen molar-refractivity contribution in [3.8, 4) is 0 Å². The highest BCUT2D eigenvalue weighted by molar-refractivity contribution is 6.20. The normalized spacial score (nSPS) is 20.8. The molecule has 0 bridgehead atoms. The SMILES string of the molecule is CCCCCCC(Cl)C1CCCC1. The maximum Gasteiger partial charge on any atom is 0.0364 e. The summed E-state index contributed by atoms with van der Waals surface area (Å²) in [5.74, 6) is 0.850. The van der Waals surface area contributed by atoms with Gasteiger partial charge in [0.05, 0.1) is 0 Å². The van der Waals surface area contributed by atoms with Gasteiger partial charge in [0.1, 0.15) is 0 Å². The zero-order chi connectivity index (χ0) is 9.52. The van der Waals surface area contributed by atoms with Gasteiger partial charge >= 0.3 is 0 Å². The van der Waals surface area contributed by atoms with Crippen molar-refractivity contribution in [2.75, 3.05) is 0 Å². The van der Waals surface area contributed by atoms with Crippen molar-refractivity contribution in [1.82, 2.24) is 0 Å². The lowest BCUT2D eigenvalue weighted by Crippen LogP contribution is -2.10. The van der Waals surface area contributed by atoms with E-state index in [4.69, 9.17) is 11.6 Å². The molecule has 0 heterocycles. The van der Waals surface area contributed by atoms with Crippen molar-refractivity contribution in [3.63, 3.8) is 0 Å². The van der Waals surface area contributed by atoms with Crippen LogP contribution in [0.2, 0.25) is 0 Å². The monoisotopic (exact) mass is 202 g/mol. The van der Waals surface area contributed by atoms with Crippen LogP contribution in [0.25, 0.3) is 0 Å². The minimum absolute atomic E-state index is 0.486. The van der Waals surface area contributed by atoms with Gasteiger partial charge in [-0.05, 0) is 25.2 Å². The predicted molar refractivity (Wildman–Crippen MR) is 60.4 cm³/mol. The summed E-state index contributed by atoms with van der Waals surface area (Å²) in [5, 5.41) is 0.486. The first kappa shape index (κ1) is 11.4. The van der Waals surface area contributed by atoms with E-state index >= 15 is 0 Å². The summed E-state index contributed by atoms with van der Waals surface area (Å²) < 4.78 is 0.